The first kappa shape index (κ1) is 28.4. The number of hydrogen-bond donors (Lipinski definition) is 1. The molecule has 1 amide bonds. The molecule has 0 saturated carbocycles. The van der Waals surface area contributed by atoms with Crippen LogP contribution < -0.4 is 9.64 Å². The van der Waals surface area contributed by atoms with Gasteiger partial charge in [0.25, 0.3) is 5.91 Å². The summed E-state index contributed by atoms with van der Waals surface area (Å²) in [7, 11) is 0. The predicted molar refractivity (Wildman–Crippen MR) is 139 cm³/mol. The van der Waals surface area contributed by atoms with Crippen molar-refractivity contribution in [3.05, 3.63) is 100 Å². The third-order valence-corrected chi connectivity index (χ3v) is 5.81. The van der Waals surface area contributed by atoms with Crippen molar-refractivity contribution in [2.75, 3.05) is 4.90 Å². The lowest BCUT2D eigenvalue weighted by atomic mass is 10.1. The van der Waals surface area contributed by atoms with Crippen molar-refractivity contribution in [3.8, 4) is 11.6 Å². The summed E-state index contributed by atoms with van der Waals surface area (Å²) in [6.07, 6.45) is 2.07. The Labute approximate surface area is 231 Å². The molecule has 4 rings (SSSR count). The van der Waals surface area contributed by atoms with Crippen LogP contribution in [0.2, 0.25) is 5.02 Å². The lowest BCUT2D eigenvalue weighted by Crippen LogP contribution is -2.38. The molecule has 0 aliphatic carbocycles. The zero-order valence-electron chi connectivity index (χ0n) is 21.1. The number of pyridine rings is 2. The van der Waals surface area contributed by atoms with Crippen molar-refractivity contribution in [2.45, 2.75) is 32.5 Å². The van der Waals surface area contributed by atoms with Gasteiger partial charge in [-0.25, -0.2) is 24.7 Å². The smallest absolute Gasteiger partial charge is 0.421 e. The summed E-state index contributed by atoms with van der Waals surface area (Å²) in [5.74, 6) is -2.99. The molecule has 3 aromatic heterocycles. The lowest BCUT2D eigenvalue weighted by molar-refractivity contribution is -0.138. The number of carboxylic acids is 1. The number of carboxylic acid groups (broad SMARTS) is 1. The van der Waals surface area contributed by atoms with E-state index in [-0.39, 0.29) is 34.7 Å². The van der Waals surface area contributed by atoms with Crippen LogP contribution >= 0.6 is 11.6 Å². The second-order valence-electron chi connectivity index (χ2n) is 8.83. The van der Waals surface area contributed by atoms with Crippen LogP contribution in [0, 0.1) is 0 Å². The summed E-state index contributed by atoms with van der Waals surface area (Å²) in [4.78, 5) is 42.2. The van der Waals surface area contributed by atoms with Gasteiger partial charge in [-0.2, -0.15) is 13.2 Å². The SMILES string of the molecule is CC(C)N(C(=O)c1ccc(Cl)cn1)c1ccc(Oc2ncc(Cc3cncnc3)cc2C(F)(F)F)cc1C(=O)O. The fraction of sp³-hybridized carbons (Fsp3) is 0.185. The number of aromatic carboxylic acids is 1. The van der Waals surface area contributed by atoms with Gasteiger partial charge in [0.15, 0.2) is 0 Å². The molecular weight excluding hydrogens is 551 g/mol. The Kier molecular flexibility index (Phi) is 8.29. The summed E-state index contributed by atoms with van der Waals surface area (Å²) in [5, 5.41) is 10.2. The third kappa shape index (κ3) is 6.52. The fourth-order valence-corrected chi connectivity index (χ4v) is 3.96. The van der Waals surface area contributed by atoms with Crippen molar-refractivity contribution in [3.63, 3.8) is 0 Å². The van der Waals surface area contributed by atoms with Gasteiger partial charge in [-0.05, 0) is 61.4 Å². The van der Waals surface area contributed by atoms with E-state index in [2.05, 4.69) is 19.9 Å². The highest BCUT2D eigenvalue weighted by Gasteiger charge is 2.36. The summed E-state index contributed by atoms with van der Waals surface area (Å²) < 4.78 is 47.2. The molecule has 0 aliphatic heterocycles. The third-order valence-electron chi connectivity index (χ3n) is 5.59. The molecule has 0 spiro atoms. The number of benzene rings is 1. The molecule has 0 atom stereocenters. The second kappa shape index (κ2) is 11.7. The topological polar surface area (TPSA) is 118 Å². The van der Waals surface area contributed by atoms with Gasteiger partial charge in [0.1, 0.15) is 23.3 Å². The molecule has 0 aliphatic rings. The first-order valence-electron chi connectivity index (χ1n) is 11.7. The number of nitrogens with zero attached hydrogens (tertiary/aromatic N) is 5. The minimum atomic E-state index is -4.81. The van der Waals surface area contributed by atoms with Crippen molar-refractivity contribution in [1.82, 2.24) is 19.9 Å². The first-order valence-corrected chi connectivity index (χ1v) is 12.1. The van der Waals surface area contributed by atoms with Gasteiger partial charge in [-0.3, -0.25) is 4.79 Å². The molecule has 0 radical (unpaired) electrons. The molecule has 13 heteroatoms. The van der Waals surface area contributed by atoms with Gasteiger partial charge >= 0.3 is 12.1 Å². The van der Waals surface area contributed by atoms with E-state index in [1.54, 1.807) is 13.8 Å². The largest absolute Gasteiger partial charge is 0.478 e. The Morgan fingerprint density at radius 1 is 1.00 bits per heavy atom. The number of anilines is 1. The van der Waals surface area contributed by atoms with Crippen LogP contribution in [0.3, 0.4) is 0 Å². The van der Waals surface area contributed by atoms with Gasteiger partial charge in [-0.15, -0.1) is 0 Å². The monoisotopic (exact) mass is 571 g/mol. The van der Waals surface area contributed by atoms with Crippen molar-refractivity contribution < 1.29 is 32.6 Å². The molecule has 9 nitrogen and oxygen atoms in total. The molecule has 3 heterocycles. The van der Waals surface area contributed by atoms with Crippen molar-refractivity contribution >= 4 is 29.2 Å². The number of ether oxygens (including phenoxy) is 1. The van der Waals surface area contributed by atoms with Crippen LogP contribution in [0.4, 0.5) is 18.9 Å². The van der Waals surface area contributed by atoms with Gasteiger partial charge in [0.05, 0.1) is 16.3 Å². The van der Waals surface area contributed by atoms with Crippen LogP contribution in [-0.2, 0) is 12.6 Å². The molecular formula is C27H21ClF3N5O4. The van der Waals surface area contributed by atoms with Crippen molar-refractivity contribution in [2.24, 2.45) is 0 Å². The van der Waals surface area contributed by atoms with Crippen LogP contribution in [0.15, 0.2) is 67.5 Å². The Hall–Kier alpha value is -4.58. The van der Waals surface area contributed by atoms with E-state index in [0.29, 0.717) is 10.6 Å². The van der Waals surface area contributed by atoms with Crippen LogP contribution in [0.5, 0.6) is 11.6 Å². The molecule has 0 saturated heterocycles. The Morgan fingerprint density at radius 3 is 2.33 bits per heavy atom. The molecule has 40 heavy (non-hydrogen) atoms. The maximum absolute atomic E-state index is 13.9. The number of amides is 1. The van der Waals surface area contributed by atoms with Crippen LogP contribution in [0.1, 0.15) is 51.4 Å². The Bertz CT molecular complexity index is 1530. The number of alkyl halides is 3. The van der Waals surface area contributed by atoms with Crippen LogP contribution in [0.25, 0.3) is 0 Å². The molecule has 0 bridgehead atoms. The van der Waals surface area contributed by atoms with E-state index >= 15 is 0 Å². The Balaban J connectivity index is 1.69. The maximum Gasteiger partial charge on any atom is 0.421 e. The summed E-state index contributed by atoms with van der Waals surface area (Å²) in [6.45, 7) is 3.35. The second-order valence-corrected chi connectivity index (χ2v) is 9.27. The van der Waals surface area contributed by atoms with Crippen LogP contribution in [-0.4, -0.2) is 43.0 Å². The van der Waals surface area contributed by atoms with E-state index in [4.69, 9.17) is 16.3 Å². The van der Waals surface area contributed by atoms with E-state index < -0.39 is 35.5 Å². The maximum atomic E-state index is 13.9. The number of aromatic nitrogens is 4. The van der Waals surface area contributed by atoms with E-state index in [0.717, 1.165) is 12.1 Å². The normalized spacial score (nSPS) is 11.4. The molecule has 4 aromatic rings. The van der Waals surface area contributed by atoms with Crippen molar-refractivity contribution in [1.29, 1.82) is 0 Å². The van der Waals surface area contributed by atoms with E-state index in [1.807, 2.05) is 0 Å². The minimum absolute atomic E-state index is 0.000956. The number of rotatable bonds is 8. The number of hydrogen-bond acceptors (Lipinski definition) is 7. The predicted octanol–water partition coefficient (Wildman–Crippen LogP) is 6.08. The van der Waals surface area contributed by atoms with Gasteiger partial charge in [0.2, 0.25) is 5.88 Å². The fourth-order valence-electron chi connectivity index (χ4n) is 3.85. The highest BCUT2D eigenvalue weighted by atomic mass is 35.5. The zero-order chi connectivity index (χ0) is 29.0. The van der Waals surface area contributed by atoms with E-state index in [9.17, 15) is 27.9 Å². The molecule has 0 fully saturated rings. The molecule has 1 aromatic carbocycles. The summed E-state index contributed by atoms with van der Waals surface area (Å²) in [6, 6.07) is 6.85. The number of halogens is 4. The van der Waals surface area contributed by atoms with E-state index in [1.165, 1.54) is 60.3 Å². The number of carbonyl (C=O) groups excluding carboxylic acids is 1. The van der Waals surface area contributed by atoms with Gasteiger partial charge < -0.3 is 14.7 Å². The number of carbonyl (C=O) groups is 2. The Morgan fingerprint density at radius 2 is 1.73 bits per heavy atom. The van der Waals surface area contributed by atoms with Gasteiger partial charge in [-0.1, -0.05) is 11.6 Å². The summed E-state index contributed by atoms with van der Waals surface area (Å²) >= 11 is 5.85. The minimum Gasteiger partial charge on any atom is -0.478 e. The zero-order valence-corrected chi connectivity index (χ0v) is 21.8. The quantitative estimate of drug-likeness (QED) is 0.270. The lowest BCUT2D eigenvalue weighted by Gasteiger charge is -2.28. The molecule has 206 valence electrons. The summed E-state index contributed by atoms with van der Waals surface area (Å²) in [5.41, 5.74) is -0.654. The molecule has 1 N–H and O–H groups in total. The average molecular weight is 572 g/mol. The van der Waals surface area contributed by atoms with Gasteiger partial charge in [0, 0.05) is 37.3 Å². The highest BCUT2D eigenvalue weighted by Crippen LogP contribution is 2.38. The highest BCUT2D eigenvalue weighted by molar-refractivity contribution is 6.30. The standard InChI is InChI=1S/C27H21ClF3N5O4/c1-15(2)36(25(37)22-5-3-18(28)13-34-22)23-6-4-19(9-20(23)26(38)39)40-24-21(27(29,30)31)8-16(12-35-24)7-17-10-32-14-33-11-17/h3-6,8-15H,7H2,1-2H3,(H,38,39). The average Bonchev–Trinajstić information content (AvgIpc) is 2.90. The molecule has 0 unspecified atom stereocenters. The first-order chi connectivity index (χ1) is 18.9.